The smallest absolute Gasteiger partial charge is 0.276 e. The normalized spacial score (nSPS) is 20.4. The SMILES string of the molecule is C=C(NC1(C(F)F)CC1)C(F)c1nc(C)nc(NCc2cccc(C(F)(F)C3CCCC3)c2)c1C1OCCO1. The fourth-order valence-corrected chi connectivity index (χ4v) is 5.37. The average Bonchev–Trinajstić information content (AvgIpc) is 3.28. The number of allylic oxidation sites excluding steroid dienone is 1. The van der Waals surface area contributed by atoms with Crippen LogP contribution in [-0.4, -0.2) is 35.1 Å². The summed E-state index contributed by atoms with van der Waals surface area (Å²) in [4.78, 5) is 8.68. The maximum atomic E-state index is 15.8. The Labute approximate surface area is 224 Å². The fourth-order valence-electron chi connectivity index (χ4n) is 5.37. The first-order chi connectivity index (χ1) is 18.6. The number of halogens is 5. The van der Waals surface area contributed by atoms with Crippen LogP contribution in [0.25, 0.3) is 0 Å². The van der Waals surface area contributed by atoms with E-state index in [1.54, 1.807) is 19.1 Å². The molecule has 2 saturated carbocycles. The summed E-state index contributed by atoms with van der Waals surface area (Å²) in [6.45, 7) is 5.89. The van der Waals surface area contributed by atoms with Crippen LogP contribution in [0.5, 0.6) is 0 Å². The molecule has 0 amide bonds. The van der Waals surface area contributed by atoms with E-state index in [0.29, 0.717) is 18.4 Å². The van der Waals surface area contributed by atoms with Gasteiger partial charge in [0.2, 0.25) is 0 Å². The summed E-state index contributed by atoms with van der Waals surface area (Å²) in [5.41, 5.74) is -1.08. The molecule has 2 aliphatic carbocycles. The van der Waals surface area contributed by atoms with Gasteiger partial charge in [0.1, 0.15) is 11.6 Å². The van der Waals surface area contributed by atoms with Gasteiger partial charge in [-0.1, -0.05) is 37.6 Å². The number of aromatic nitrogens is 2. The van der Waals surface area contributed by atoms with Gasteiger partial charge in [0, 0.05) is 23.7 Å². The van der Waals surface area contributed by atoms with Crippen LogP contribution < -0.4 is 10.6 Å². The third-order valence-corrected chi connectivity index (χ3v) is 7.75. The van der Waals surface area contributed by atoms with Gasteiger partial charge in [-0.25, -0.2) is 31.9 Å². The second kappa shape index (κ2) is 11.0. The predicted molar refractivity (Wildman–Crippen MR) is 135 cm³/mol. The van der Waals surface area contributed by atoms with Gasteiger partial charge in [0.05, 0.1) is 30.0 Å². The van der Waals surface area contributed by atoms with Crippen molar-refractivity contribution < 1.29 is 31.4 Å². The van der Waals surface area contributed by atoms with Gasteiger partial charge in [-0.15, -0.1) is 0 Å². The van der Waals surface area contributed by atoms with Crippen molar-refractivity contribution in [3.63, 3.8) is 0 Å². The molecule has 5 rings (SSSR count). The molecule has 212 valence electrons. The Hall–Kier alpha value is -2.79. The lowest BCUT2D eigenvalue weighted by Crippen LogP contribution is -2.38. The lowest BCUT2D eigenvalue weighted by Gasteiger charge is -2.25. The third-order valence-electron chi connectivity index (χ3n) is 7.75. The third kappa shape index (κ3) is 5.75. The molecule has 1 aromatic carbocycles. The summed E-state index contributed by atoms with van der Waals surface area (Å²) >= 11 is 0. The molecule has 0 radical (unpaired) electrons. The van der Waals surface area contributed by atoms with E-state index >= 15 is 13.2 Å². The highest BCUT2D eigenvalue weighted by molar-refractivity contribution is 5.50. The number of benzene rings is 1. The number of ether oxygens (including phenoxy) is 2. The summed E-state index contributed by atoms with van der Waals surface area (Å²) < 4.78 is 84.3. The zero-order chi connectivity index (χ0) is 27.8. The van der Waals surface area contributed by atoms with Gasteiger partial charge in [-0.2, -0.15) is 0 Å². The van der Waals surface area contributed by atoms with E-state index in [1.807, 2.05) is 0 Å². The van der Waals surface area contributed by atoms with E-state index in [1.165, 1.54) is 12.1 Å². The maximum absolute atomic E-state index is 15.8. The molecule has 3 fully saturated rings. The number of anilines is 1. The number of aryl methyl sites for hydroxylation is 1. The van der Waals surface area contributed by atoms with Gasteiger partial charge in [-0.05, 0) is 44.2 Å². The molecule has 1 aliphatic heterocycles. The van der Waals surface area contributed by atoms with Crippen LogP contribution in [0.2, 0.25) is 0 Å². The van der Waals surface area contributed by atoms with Crippen molar-refractivity contribution in [3.05, 3.63) is 64.8 Å². The lowest BCUT2D eigenvalue weighted by molar-refractivity contribution is -0.0626. The molecule has 1 aromatic heterocycles. The molecule has 3 aliphatic rings. The minimum absolute atomic E-state index is 0.0322. The Morgan fingerprint density at radius 2 is 1.82 bits per heavy atom. The minimum atomic E-state index is -2.92. The molecule has 0 bridgehead atoms. The van der Waals surface area contributed by atoms with Crippen LogP contribution >= 0.6 is 0 Å². The van der Waals surface area contributed by atoms with Crippen molar-refractivity contribution in [2.75, 3.05) is 18.5 Å². The molecular formula is C28H33F5N4O2. The lowest BCUT2D eigenvalue weighted by atomic mass is 9.92. The van der Waals surface area contributed by atoms with E-state index < -0.39 is 36.3 Å². The average molecular weight is 553 g/mol. The van der Waals surface area contributed by atoms with Gasteiger partial charge >= 0.3 is 0 Å². The van der Waals surface area contributed by atoms with Crippen LogP contribution in [0.3, 0.4) is 0 Å². The number of hydrogen-bond acceptors (Lipinski definition) is 6. The van der Waals surface area contributed by atoms with Crippen LogP contribution in [-0.2, 0) is 21.9 Å². The number of rotatable bonds is 11. The second-order valence-corrected chi connectivity index (χ2v) is 10.6. The fraction of sp³-hybridized carbons (Fsp3) is 0.571. The molecule has 2 aromatic rings. The summed E-state index contributed by atoms with van der Waals surface area (Å²) in [6.07, 6.45) is -2.53. The largest absolute Gasteiger partial charge is 0.375 e. The standard InChI is InChI=1S/C28H33F5N4O2/c1-16(37-27(10-11-27)26(30)31)22(29)23-21(25-38-12-13-39-25)24(36-17(2)35-23)34-15-18-6-5-9-20(14-18)28(32,33)19-7-3-4-8-19/h5-6,9,14,19,22,25-26,37H,1,3-4,7-8,10-13,15H2,2H3,(H,34,35,36). The first-order valence-electron chi connectivity index (χ1n) is 13.3. The molecule has 1 saturated heterocycles. The minimum Gasteiger partial charge on any atom is -0.375 e. The van der Waals surface area contributed by atoms with Gasteiger partial charge in [0.15, 0.2) is 12.5 Å². The molecule has 2 heterocycles. The van der Waals surface area contributed by atoms with E-state index in [0.717, 1.165) is 12.8 Å². The van der Waals surface area contributed by atoms with Crippen molar-refractivity contribution in [1.29, 1.82) is 0 Å². The van der Waals surface area contributed by atoms with Crippen molar-refractivity contribution in [2.24, 2.45) is 5.92 Å². The Morgan fingerprint density at radius 1 is 1.13 bits per heavy atom. The summed E-state index contributed by atoms with van der Waals surface area (Å²) in [7, 11) is 0. The first-order valence-corrected chi connectivity index (χ1v) is 13.3. The number of nitrogens with one attached hydrogen (secondary N) is 2. The predicted octanol–water partition coefficient (Wildman–Crippen LogP) is 6.64. The topological polar surface area (TPSA) is 68.3 Å². The Kier molecular flexibility index (Phi) is 7.83. The molecule has 11 heteroatoms. The van der Waals surface area contributed by atoms with Crippen molar-refractivity contribution in [3.8, 4) is 0 Å². The molecule has 6 nitrogen and oxygen atoms in total. The number of alkyl halides is 5. The quantitative estimate of drug-likeness (QED) is 0.305. The van der Waals surface area contributed by atoms with E-state index in [2.05, 4.69) is 27.2 Å². The first kappa shape index (κ1) is 27.8. The van der Waals surface area contributed by atoms with Crippen molar-refractivity contribution >= 4 is 5.82 Å². The highest BCUT2D eigenvalue weighted by atomic mass is 19.3. The van der Waals surface area contributed by atoms with E-state index in [4.69, 9.17) is 9.47 Å². The zero-order valence-corrected chi connectivity index (χ0v) is 21.8. The van der Waals surface area contributed by atoms with E-state index in [9.17, 15) is 8.78 Å². The van der Waals surface area contributed by atoms with Crippen molar-refractivity contribution in [2.45, 2.75) is 82.3 Å². The van der Waals surface area contributed by atoms with Crippen LogP contribution in [0.4, 0.5) is 27.8 Å². The van der Waals surface area contributed by atoms with Gasteiger partial charge in [0.25, 0.3) is 12.3 Å². The maximum Gasteiger partial charge on any atom is 0.276 e. The Morgan fingerprint density at radius 3 is 2.46 bits per heavy atom. The molecule has 1 unspecified atom stereocenters. The number of hydrogen-bond donors (Lipinski definition) is 2. The summed E-state index contributed by atoms with van der Waals surface area (Å²) in [6, 6.07) is 6.24. The Bertz CT molecular complexity index is 1190. The molecule has 0 spiro atoms. The summed E-state index contributed by atoms with van der Waals surface area (Å²) in [5, 5.41) is 5.69. The van der Waals surface area contributed by atoms with Crippen molar-refractivity contribution in [1.82, 2.24) is 15.3 Å². The highest BCUT2D eigenvalue weighted by Crippen LogP contribution is 2.46. The second-order valence-electron chi connectivity index (χ2n) is 10.6. The summed E-state index contributed by atoms with van der Waals surface area (Å²) in [5.74, 6) is -3.16. The monoisotopic (exact) mass is 552 g/mol. The zero-order valence-electron chi connectivity index (χ0n) is 21.8. The van der Waals surface area contributed by atoms with Gasteiger partial charge < -0.3 is 20.1 Å². The van der Waals surface area contributed by atoms with Crippen LogP contribution in [0.1, 0.15) is 79.2 Å². The highest BCUT2D eigenvalue weighted by Gasteiger charge is 2.52. The molecule has 1 atom stereocenters. The molecule has 39 heavy (non-hydrogen) atoms. The molecule has 2 N–H and O–H groups in total. The van der Waals surface area contributed by atoms with E-state index in [-0.39, 0.29) is 66.8 Å². The van der Waals surface area contributed by atoms with Crippen LogP contribution in [0.15, 0.2) is 36.5 Å². The van der Waals surface area contributed by atoms with Crippen LogP contribution in [0, 0.1) is 12.8 Å². The Balaban J connectivity index is 1.40. The van der Waals surface area contributed by atoms with Gasteiger partial charge in [-0.3, -0.25) is 0 Å². The number of nitrogens with zero attached hydrogens (tertiary/aromatic N) is 2. The molecular weight excluding hydrogens is 519 g/mol.